The lowest BCUT2D eigenvalue weighted by atomic mass is 9.89. The first-order valence-electron chi connectivity index (χ1n) is 11.2. The van der Waals surface area contributed by atoms with Crippen LogP contribution in [0.3, 0.4) is 0 Å². The van der Waals surface area contributed by atoms with Gasteiger partial charge in [-0.2, -0.15) is 14.7 Å². The van der Waals surface area contributed by atoms with Gasteiger partial charge in [-0.05, 0) is 32.0 Å². The van der Waals surface area contributed by atoms with Gasteiger partial charge in [0.1, 0.15) is 11.9 Å². The van der Waals surface area contributed by atoms with E-state index in [1.807, 2.05) is 6.92 Å². The highest BCUT2D eigenvalue weighted by molar-refractivity contribution is 7.90. The number of aryl methyl sites for hydroxylation is 1. The van der Waals surface area contributed by atoms with E-state index in [0.717, 1.165) is 9.54 Å². The first-order valence-corrected chi connectivity index (χ1v) is 14.2. The predicted molar refractivity (Wildman–Crippen MR) is 132 cm³/mol. The molecule has 4 heterocycles. The summed E-state index contributed by atoms with van der Waals surface area (Å²) in [6.45, 7) is 3.77. The Balaban J connectivity index is 1.52. The number of hydrogen-bond acceptors (Lipinski definition) is 8. The summed E-state index contributed by atoms with van der Waals surface area (Å²) < 4.78 is 55.1. The summed E-state index contributed by atoms with van der Waals surface area (Å²) in [5.74, 6) is -0.0125. The molecule has 186 valence electrons. The minimum absolute atomic E-state index is 0.0125. The van der Waals surface area contributed by atoms with Gasteiger partial charge in [0.25, 0.3) is 10.0 Å². The fraction of sp³-hybridized carbons (Fsp3) is 0.304. The van der Waals surface area contributed by atoms with Gasteiger partial charge >= 0.3 is 0 Å². The molecule has 0 amide bonds. The third kappa shape index (κ3) is 3.78. The van der Waals surface area contributed by atoms with Gasteiger partial charge in [-0.15, -0.1) is 0 Å². The average Bonchev–Trinajstić information content (AvgIpc) is 3.49. The van der Waals surface area contributed by atoms with Crippen LogP contribution in [0.1, 0.15) is 18.9 Å². The van der Waals surface area contributed by atoms with Crippen molar-refractivity contribution in [3.05, 3.63) is 60.8 Å². The zero-order chi connectivity index (χ0) is 25.7. The topological polar surface area (TPSA) is 144 Å². The van der Waals surface area contributed by atoms with Gasteiger partial charge in [0.15, 0.2) is 5.65 Å². The van der Waals surface area contributed by atoms with Crippen LogP contribution in [0.2, 0.25) is 0 Å². The fourth-order valence-corrected chi connectivity index (χ4v) is 6.90. The maximum absolute atomic E-state index is 13.3. The molecule has 1 aliphatic heterocycles. The number of benzene rings is 1. The molecule has 3 aromatic heterocycles. The van der Waals surface area contributed by atoms with Crippen molar-refractivity contribution >= 4 is 31.1 Å². The molecule has 36 heavy (non-hydrogen) atoms. The number of hydrogen-bond donors (Lipinski definition) is 0. The number of aromatic nitrogens is 5. The Morgan fingerprint density at radius 2 is 1.81 bits per heavy atom. The monoisotopic (exact) mass is 525 g/mol. The van der Waals surface area contributed by atoms with E-state index in [1.165, 1.54) is 16.8 Å². The second kappa shape index (κ2) is 8.51. The Labute approximate surface area is 208 Å². The lowest BCUT2D eigenvalue weighted by molar-refractivity contribution is 0.0719. The van der Waals surface area contributed by atoms with Gasteiger partial charge in [0, 0.05) is 36.4 Å². The van der Waals surface area contributed by atoms with Crippen molar-refractivity contribution in [3.8, 4) is 17.3 Å². The van der Waals surface area contributed by atoms with Crippen molar-refractivity contribution in [1.82, 2.24) is 28.0 Å². The molecule has 0 N–H and O–H groups in total. The normalized spacial score (nSPS) is 16.0. The number of nitriles is 1. The molecule has 0 aliphatic carbocycles. The quantitative estimate of drug-likeness (QED) is 0.357. The van der Waals surface area contributed by atoms with E-state index in [-0.39, 0.29) is 35.8 Å². The van der Waals surface area contributed by atoms with E-state index in [0.29, 0.717) is 16.6 Å². The Kier molecular flexibility index (Phi) is 5.70. The highest BCUT2D eigenvalue weighted by Gasteiger charge is 2.49. The standard InChI is InChI=1S/C23H23N7O4S2/c1-3-35(31,32)28-14-23(15-28,9-10-24)30-13-18(12-27-30)21-20-8-11-29(22(20)26-16-25-21)36(33,34)19-6-4-17(2)5-7-19/h4-8,11-13,16H,3,9,14-15H2,1-2H3. The van der Waals surface area contributed by atoms with Gasteiger partial charge in [-0.1, -0.05) is 17.7 Å². The third-order valence-electron chi connectivity index (χ3n) is 6.48. The SMILES string of the molecule is CCS(=O)(=O)N1CC(CC#N)(n2cc(-c3ncnc4c3ccn4S(=O)(=O)c3ccc(C)cc3)cn2)C1. The van der Waals surface area contributed by atoms with Crippen molar-refractivity contribution in [2.75, 3.05) is 18.8 Å². The molecule has 13 heteroatoms. The lowest BCUT2D eigenvalue weighted by Gasteiger charge is -2.47. The van der Waals surface area contributed by atoms with E-state index < -0.39 is 25.6 Å². The maximum Gasteiger partial charge on any atom is 0.269 e. The zero-order valence-corrected chi connectivity index (χ0v) is 21.2. The molecule has 5 rings (SSSR count). The van der Waals surface area contributed by atoms with E-state index in [2.05, 4.69) is 21.1 Å². The lowest BCUT2D eigenvalue weighted by Crippen LogP contribution is -2.64. The zero-order valence-electron chi connectivity index (χ0n) is 19.6. The van der Waals surface area contributed by atoms with Gasteiger partial charge in [-0.3, -0.25) is 4.68 Å². The minimum atomic E-state index is -3.87. The van der Waals surface area contributed by atoms with Crippen molar-refractivity contribution in [1.29, 1.82) is 5.26 Å². The molecule has 0 atom stereocenters. The summed E-state index contributed by atoms with van der Waals surface area (Å²) >= 11 is 0. The molecule has 0 saturated carbocycles. The van der Waals surface area contributed by atoms with Crippen molar-refractivity contribution in [2.24, 2.45) is 0 Å². The van der Waals surface area contributed by atoms with Gasteiger partial charge in [-0.25, -0.2) is 30.8 Å². The van der Waals surface area contributed by atoms with E-state index in [4.69, 9.17) is 0 Å². The minimum Gasteiger partial charge on any atom is -0.262 e. The largest absolute Gasteiger partial charge is 0.269 e. The highest BCUT2D eigenvalue weighted by atomic mass is 32.2. The van der Waals surface area contributed by atoms with Crippen LogP contribution in [0, 0.1) is 18.3 Å². The second-order valence-electron chi connectivity index (χ2n) is 8.79. The fourth-order valence-electron chi connectivity index (χ4n) is 4.35. The maximum atomic E-state index is 13.3. The number of nitrogens with zero attached hydrogens (tertiary/aromatic N) is 7. The van der Waals surface area contributed by atoms with Gasteiger partial charge in [0.2, 0.25) is 10.0 Å². The summed E-state index contributed by atoms with van der Waals surface area (Å²) in [6.07, 6.45) is 6.11. The molecule has 0 spiro atoms. The van der Waals surface area contributed by atoms with Crippen LogP contribution in [-0.2, 0) is 25.6 Å². The van der Waals surface area contributed by atoms with Crippen molar-refractivity contribution in [3.63, 3.8) is 0 Å². The van der Waals surface area contributed by atoms with Crippen LogP contribution in [0.15, 0.2) is 60.1 Å². The van der Waals surface area contributed by atoms with Crippen molar-refractivity contribution < 1.29 is 16.8 Å². The molecule has 1 aromatic carbocycles. The van der Waals surface area contributed by atoms with Crippen LogP contribution in [0.5, 0.6) is 0 Å². The van der Waals surface area contributed by atoms with Crippen molar-refractivity contribution in [2.45, 2.75) is 30.7 Å². The first-order chi connectivity index (χ1) is 17.1. The Morgan fingerprint density at radius 3 is 2.47 bits per heavy atom. The van der Waals surface area contributed by atoms with Crippen LogP contribution >= 0.6 is 0 Å². The second-order valence-corrected chi connectivity index (χ2v) is 12.9. The molecule has 1 saturated heterocycles. The smallest absolute Gasteiger partial charge is 0.262 e. The average molecular weight is 526 g/mol. The van der Waals surface area contributed by atoms with E-state index in [9.17, 15) is 22.1 Å². The van der Waals surface area contributed by atoms with Crippen LogP contribution in [0.4, 0.5) is 0 Å². The Morgan fingerprint density at radius 1 is 1.08 bits per heavy atom. The molecule has 1 fully saturated rings. The summed E-state index contributed by atoms with van der Waals surface area (Å²) in [5, 5.41) is 14.3. The summed E-state index contributed by atoms with van der Waals surface area (Å²) in [5.41, 5.74) is 1.48. The third-order valence-corrected chi connectivity index (χ3v) is 9.93. The molecule has 0 bridgehead atoms. The molecule has 0 radical (unpaired) electrons. The molecular formula is C23H23N7O4S2. The Bertz CT molecular complexity index is 1710. The highest BCUT2D eigenvalue weighted by Crippen LogP contribution is 2.36. The van der Waals surface area contributed by atoms with Gasteiger partial charge in [0.05, 0.1) is 35.0 Å². The molecule has 1 aliphatic rings. The Hall–Kier alpha value is -3.60. The molecule has 4 aromatic rings. The summed E-state index contributed by atoms with van der Waals surface area (Å²) in [6, 6.07) is 10.4. The van der Waals surface area contributed by atoms with E-state index in [1.54, 1.807) is 54.3 Å². The number of fused-ring (bicyclic) bond motifs is 1. The number of rotatable bonds is 7. The molecular weight excluding hydrogens is 502 g/mol. The predicted octanol–water partition coefficient (Wildman–Crippen LogP) is 2.11. The first kappa shape index (κ1) is 24.1. The number of sulfonamides is 1. The molecule has 0 unspecified atom stereocenters. The summed E-state index contributed by atoms with van der Waals surface area (Å²) in [4.78, 5) is 8.74. The van der Waals surface area contributed by atoms with E-state index >= 15 is 0 Å². The van der Waals surface area contributed by atoms with Gasteiger partial charge < -0.3 is 0 Å². The van der Waals surface area contributed by atoms with Crippen LogP contribution in [0.25, 0.3) is 22.3 Å². The van der Waals surface area contributed by atoms with Crippen LogP contribution in [-0.4, -0.2) is 63.7 Å². The summed E-state index contributed by atoms with van der Waals surface area (Å²) in [7, 11) is -7.24. The molecule has 11 nitrogen and oxygen atoms in total. The van der Waals surface area contributed by atoms with Crippen LogP contribution < -0.4 is 0 Å².